The Morgan fingerprint density at radius 2 is 2.22 bits per heavy atom. The summed E-state index contributed by atoms with van der Waals surface area (Å²) in [5.41, 5.74) is 5.42. The summed E-state index contributed by atoms with van der Waals surface area (Å²) in [6.45, 7) is 4.89. The van der Waals surface area contributed by atoms with Crippen LogP contribution in [0.3, 0.4) is 0 Å². The minimum Gasteiger partial charge on any atom is -0.378 e. The molecule has 0 spiro atoms. The summed E-state index contributed by atoms with van der Waals surface area (Å²) >= 11 is 0. The second kappa shape index (κ2) is 4.75. The van der Waals surface area contributed by atoms with Crippen LogP contribution < -0.4 is 10.6 Å². The van der Waals surface area contributed by atoms with E-state index in [4.69, 9.17) is 5.73 Å². The molecule has 1 aliphatic carbocycles. The molecule has 1 aromatic rings. The highest BCUT2D eigenvalue weighted by Crippen LogP contribution is 2.37. The van der Waals surface area contributed by atoms with Gasteiger partial charge in [0.2, 0.25) is 11.6 Å². The van der Waals surface area contributed by atoms with Crippen molar-refractivity contribution in [2.45, 2.75) is 32.7 Å². The van der Waals surface area contributed by atoms with Gasteiger partial charge in [0.05, 0.1) is 4.92 Å². The number of hydrogen-bond acceptors (Lipinski definition) is 6. The monoisotopic (exact) mass is 251 g/mol. The molecule has 1 aliphatic rings. The summed E-state index contributed by atoms with van der Waals surface area (Å²) in [5.74, 6) is 0.685. The van der Waals surface area contributed by atoms with Gasteiger partial charge in [-0.2, -0.15) is 0 Å². The van der Waals surface area contributed by atoms with Gasteiger partial charge in [0.25, 0.3) is 0 Å². The van der Waals surface area contributed by atoms with Crippen molar-refractivity contribution in [3.63, 3.8) is 0 Å². The van der Waals surface area contributed by atoms with Crippen LogP contribution in [0.15, 0.2) is 6.33 Å². The van der Waals surface area contributed by atoms with Crippen molar-refractivity contribution >= 4 is 17.3 Å². The average molecular weight is 251 g/mol. The predicted molar refractivity (Wildman–Crippen MR) is 68.3 cm³/mol. The lowest BCUT2D eigenvalue weighted by atomic mass is 10.2. The van der Waals surface area contributed by atoms with E-state index in [1.807, 2.05) is 4.90 Å². The first-order valence-electron chi connectivity index (χ1n) is 6.02. The summed E-state index contributed by atoms with van der Waals surface area (Å²) in [7, 11) is 0. The number of aromatic nitrogens is 2. The molecule has 0 amide bonds. The van der Waals surface area contributed by atoms with Gasteiger partial charge in [0.1, 0.15) is 6.33 Å². The van der Waals surface area contributed by atoms with Gasteiger partial charge in [-0.1, -0.05) is 13.8 Å². The van der Waals surface area contributed by atoms with Crippen molar-refractivity contribution in [2.24, 2.45) is 5.92 Å². The fraction of sp³-hybridized carbons (Fsp3) is 0.636. The minimum absolute atomic E-state index is 0.0700. The fourth-order valence-electron chi connectivity index (χ4n) is 1.96. The molecule has 0 aromatic carbocycles. The normalized spacial score (nSPS) is 14.8. The third kappa shape index (κ3) is 2.49. The van der Waals surface area contributed by atoms with Gasteiger partial charge in [-0.15, -0.1) is 0 Å². The molecule has 7 nitrogen and oxygen atoms in total. The van der Waals surface area contributed by atoms with Gasteiger partial charge in [-0.05, 0) is 18.8 Å². The van der Waals surface area contributed by atoms with Crippen molar-refractivity contribution in [1.29, 1.82) is 0 Å². The van der Waals surface area contributed by atoms with Crippen molar-refractivity contribution in [1.82, 2.24) is 9.97 Å². The third-order valence-electron chi connectivity index (χ3n) is 2.84. The zero-order valence-electron chi connectivity index (χ0n) is 10.5. The Bertz CT molecular complexity index is 459. The molecule has 2 N–H and O–H groups in total. The van der Waals surface area contributed by atoms with Gasteiger partial charge >= 0.3 is 5.69 Å². The molecule has 1 saturated carbocycles. The third-order valence-corrected chi connectivity index (χ3v) is 2.84. The molecular formula is C11H17N5O2. The first kappa shape index (κ1) is 12.5. The summed E-state index contributed by atoms with van der Waals surface area (Å²) in [5, 5.41) is 11.1. The Morgan fingerprint density at radius 1 is 1.56 bits per heavy atom. The van der Waals surface area contributed by atoms with Crippen LogP contribution in [-0.2, 0) is 0 Å². The Labute approximate surface area is 105 Å². The summed E-state index contributed by atoms with van der Waals surface area (Å²) < 4.78 is 0. The van der Waals surface area contributed by atoms with E-state index < -0.39 is 4.92 Å². The molecule has 0 saturated heterocycles. The van der Waals surface area contributed by atoms with Gasteiger partial charge in [-0.3, -0.25) is 10.1 Å². The Balaban J connectivity index is 2.40. The molecule has 0 atom stereocenters. The first-order chi connectivity index (χ1) is 8.50. The average Bonchev–Trinajstić information content (AvgIpc) is 3.08. The number of nitrogen functional groups attached to an aromatic ring is 1. The number of anilines is 2. The molecule has 0 radical (unpaired) electrons. The maximum absolute atomic E-state index is 11.1. The van der Waals surface area contributed by atoms with Crippen LogP contribution in [-0.4, -0.2) is 27.5 Å². The number of nitro groups is 1. The van der Waals surface area contributed by atoms with E-state index in [0.29, 0.717) is 17.8 Å². The largest absolute Gasteiger partial charge is 0.378 e. The summed E-state index contributed by atoms with van der Waals surface area (Å²) in [6.07, 6.45) is 3.38. The molecule has 2 rings (SSSR count). The smallest absolute Gasteiger partial charge is 0.353 e. The highest BCUT2D eigenvalue weighted by Gasteiger charge is 2.35. The topological polar surface area (TPSA) is 98.2 Å². The molecule has 0 aliphatic heterocycles. The molecule has 1 heterocycles. The van der Waals surface area contributed by atoms with Crippen molar-refractivity contribution < 1.29 is 4.92 Å². The fourth-order valence-corrected chi connectivity index (χ4v) is 1.96. The van der Waals surface area contributed by atoms with Gasteiger partial charge in [0, 0.05) is 12.6 Å². The van der Waals surface area contributed by atoms with Crippen molar-refractivity contribution in [2.75, 3.05) is 17.2 Å². The summed E-state index contributed by atoms with van der Waals surface area (Å²) in [6, 6.07) is 0.348. The number of nitrogens with zero attached hydrogens (tertiary/aromatic N) is 4. The lowest BCUT2D eigenvalue weighted by Gasteiger charge is -2.25. The van der Waals surface area contributed by atoms with E-state index in [1.54, 1.807) is 0 Å². The van der Waals surface area contributed by atoms with Crippen LogP contribution in [0.1, 0.15) is 26.7 Å². The quantitative estimate of drug-likeness (QED) is 0.630. The number of rotatable bonds is 5. The minimum atomic E-state index is -0.500. The van der Waals surface area contributed by atoms with E-state index in [0.717, 1.165) is 19.4 Å². The summed E-state index contributed by atoms with van der Waals surface area (Å²) in [4.78, 5) is 20.4. The zero-order valence-corrected chi connectivity index (χ0v) is 10.5. The van der Waals surface area contributed by atoms with E-state index >= 15 is 0 Å². The van der Waals surface area contributed by atoms with E-state index in [-0.39, 0.29) is 11.5 Å². The molecule has 18 heavy (non-hydrogen) atoms. The Hall–Kier alpha value is -1.92. The second-order valence-electron chi connectivity index (χ2n) is 4.97. The van der Waals surface area contributed by atoms with Crippen LogP contribution in [0, 0.1) is 16.0 Å². The van der Waals surface area contributed by atoms with Crippen LogP contribution in [0.25, 0.3) is 0 Å². The zero-order chi connectivity index (χ0) is 13.3. The molecular weight excluding hydrogens is 234 g/mol. The predicted octanol–water partition coefficient (Wildman–Crippen LogP) is 1.59. The Kier molecular flexibility index (Phi) is 3.31. The molecule has 1 fully saturated rings. The van der Waals surface area contributed by atoms with Gasteiger partial charge < -0.3 is 10.6 Å². The van der Waals surface area contributed by atoms with E-state index in [9.17, 15) is 10.1 Å². The lowest BCUT2D eigenvalue weighted by molar-refractivity contribution is -0.383. The number of hydrogen-bond donors (Lipinski definition) is 1. The first-order valence-corrected chi connectivity index (χ1v) is 6.02. The SMILES string of the molecule is CC(C)CN(c1ncnc(N)c1[N+](=O)[O-])C1CC1. The van der Waals surface area contributed by atoms with Crippen LogP contribution >= 0.6 is 0 Å². The maximum atomic E-state index is 11.1. The second-order valence-corrected chi connectivity index (χ2v) is 4.97. The standard InChI is InChI=1S/C11H17N5O2/c1-7(2)5-15(8-3-4-8)11-9(16(17)18)10(12)13-6-14-11/h6-8H,3-5H2,1-2H3,(H2,12,13,14). The molecule has 98 valence electrons. The van der Waals surface area contributed by atoms with Crippen molar-refractivity contribution in [3.8, 4) is 0 Å². The number of nitrogens with two attached hydrogens (primary N) is 1. The highest BCUT2D eigenvalue weighted by molar-refractivity contribution is 5.69. The van der Waals surface area contributed by atoms with Gasteiger partial charge in [-0.25, -0.2) is 9.97 Å². The van der Waals surface area contributed by atoms with E-state index in [2.05, 4.69) is 23.8 Å². The molecule has 7 heteroatoms. The van der Waals surface area contributed by atoms with Crippen LogP contribution in [0.4, 0.5) is 17.3 Å². The highest BCUT2D eigenvalue weighted by atomic mass is 16.6. The molecule has 1 aromatic heterocycles. The Morgan fingerprint density at radius 3 is 2.72 bits per heavy atom. The molecule has 0 bridgehead atoms. The van der Waals surface area contributed by atoms with Gasteiger partial charge in [0.15, 0.2) is 0 Å². The maximum Gasteiger partial charge on any atom is 0.353 e. The van der Waals surface area contributed by atoms with Crippen LogP contribution in [0.5, 0.6) is 0 Å². The lowest BCUT2D eigenvalue weighted by Crippen LogP contribution is -2.31. The van der Waals surface area contributed by atoms with Crippen molar-refractivity contribution in [3.05, 3.63) is 16.4 Å². The van der Waals surface area contributed by atoms with Crippen LogP contribution in [0.2, 0.25) is 0 Å². The molecule has 0 unspecified atom stereocenters. The van der Waals surface area contributed by atoms with E-state index in [1.165, 1.54) is 6.33 Å².